The summed E-state index contributed by atoms with van der Waals surface area (Å²) >= 11 is 1.93. The van der Waals surface area contributed by atoms with Crippen molar-refractivity contribution in [2.45, 2.75) is 0 Å². The highest BCUT2D eigenvalue weighted by atomic mass is 32.2. The standard InChI is InChI=1S/C7H9NS/c1-2-8-3-7-5-9-4-6(1)7/h1-2,4,7-8H,3,5H2. The van der Waals surface area contributed by atoms with E-state index in [1.54, 1.807) is 0 Å². The first kappa shape index (κ1) is 5.42. The van der Waals surface area contributed by atoms with E-state index in [1.165, 1.54) is 11.3 Å². The Labute approximate surface area is 59.2 Å². The molecule has 9 heavy (non-hydrogen) atoms. The molecule has 0 radical (unpaired) electrons. The number of hydrogen-bond donors (Lipinski definition) is 1. The first-order chi connectivity index (χ1) is 4.47. The van der Waals surface area contributed by atoms with Crippen LogP contribution in [0.25, 0.3) is 0 Å². The number of thioether (sulfide) groups is 1. The van der Waals surface area contributed by atoms with Crippen molar-refractivity contribution in [3.05, 3.63) is 23.3 Å². The van der Waals surface area contributed by atoms with Crippen molar-refractivity contribution in [1.29, 1.82) is 0 Å². The highest BCUT2D eigenvalue weighted by molar-refractivity contribution is 8.02. The molecule has 0 fully saturated rings. The summed E-state index contributed by atoms with van der Waals surface area (Å²) in [5.41, 5.74) is 1.51. The summed E-state index contributed by atoms with van der Waals surface area (Å²) in [6.07, 6.45) is 4.21. The second-order valence-electron chi connectivity index (χ2n) is 2.39. The topological polar surface area (TPSA) is 12.0 Å². The molecular formula is C7H9NS. The van der Waals surface area contributed by atoms with Gasteiger partial charge in [-0.2, -0.15) is 0 Å². The number of hydrogen-bond acceptors (Lipinski definition) is 2. The second kappa shape index (κ2) is 2.10. The molecule has 2 rings (SSSR count). The Balaban J connectivity index is 2.24. The molecule has 0 bridgehead atoms. The summed E-state index contributed by atoms with van der Waals surface area (Å²) in [5, 5.41) is 5.49. The van der Waals surface area contributed by atoms with Gasteiger partial charge >= 0.3 is 0 Å². The highest BCUT2D eigenvalue weighted by Crippen LogP contribution is 2.29. The fourth-order valence-corrected chi connectivity index (χ4v) is 2.27. The summed E-state index contributed by atoms with van der Waals surface area (Å²) in [6.45, 7) is 1.13. The third kappa shape index (κ3) is 0.874. The lowest BCUT2D eigenvalue weighted by molar-refractivity contribution is 0.645. The zero-order chi connectivity index (χ0) is 6.10. The van der Waals surface area contributed by atoms with Crippen LogP contribution in [0.15, 0.2) is 23.3 Å². The van der Waals surface area contributed by atoms with Crippen LogP contribution in [0.4, 0.5) is 0 Å². The summed E-state index contributed by atoms with van der Waals surface area (Å²) < 4.78 is 0. The van der Waals surface area contributed by atoms with Crippen molar-refractivity contribution in [1.82, 2.24) is 5.32 Å². The van der Waals surface area contributed by atoms with Gasteiger partial charge in [-0.15, -0.1) is 11.8 Å². The third-order valence-electron chi connectivity index (χ3n) is 1.75. The third-order valence-corrected chi connectivity index (χ3v) is 2.78. The van der Waals surface area contributed by atoms with Gasteiger partial charge in [0, 0.05) is 18.2 Å². The summed E-state index contributed by atoms with van der Waals surface area (Å²) in [6, 6.07) is 0. The van der Waals surface area contributed by atoms with Gasteiger partial charge in [-0.3, -0.25) is 0 Å². The summed E-state index contributed by atoms with van der Waals surface area (Å²) in [5.74, 6) is 2.06. The lowest BCUT2D eigenvalue weighted by Crippen LogP contribution is -2.22. The minimum atomic E-state index is 0.792. The number of rotatable bonds is 0. The van der Waals surface area contributed by atoms with Crippen molar-refractivity contribution in [2.75, 3.05) is 12.3 Å². The van der Waals surface area contributed by atoms with E-state index in [1.807, 2.05) is 18.0 Å². The molecule has 2 heteroatoms. The molecule has 0 aliphatic carbocycles. The average Bonchev–Trinajstić information content (AvgIpc) is 2.33. The number of fused-ring (bicyclic) bond motifs is 1. The second-order valence-corrected chi connectivity index (χ2v) is 3.29. The maximum atomic E-state index is 3.22. The van der Waals surface area contributed by atoms with Gasteiger partial charge in [0.15, 0.2) is 0 Å². The van der Waals surface area contributed by atoms with Crippen molar-refractivity contribution >= 4 is 11.8 Å². The Kier molecular flexibility index (Phi) is 1.27. The first-order valence-corrected chi connectivity index (χ1v) is 4.23. The summed E-state index contributed by atoms with van der Waals surface area (Å²) in [4.78, 5) is 0. The fourth-order valence-electron chi connectivity index (χ4n) is 1.17. The first-order valence-electron chi connectivity index (χ1n) is 3.18. The molecule has 0 saturated carbocycles. The Morgan fingerprint density at radius 1 is 1.67 bits per heavy atom. The van der Waals surface area contributed by atoms with Gasteiger partial charge in [-0.05, 0) is 23.3 Å². The Hall–Kier alpha value is -0.370. The maximum absolute atomic E-state index is 3.22. The predicted molar refractivity (Wildman–Crippen MR) is 41.2 cm³/mol. The van der Waals surface area contributed by atoms with E-state index in [-0.39, 0.29) is 0 Å². The molecule has 48 valence electrons. The Bertz CT molecular complexity index is 172. The van der Waals surface area contributed by atoms with Crippen LogP contribution in [0.3, 0.4) is 0 Å². The average molecular weight is 139 g/mol. The van der Waals surface area contributed by atoms with E-state index in [0.717, 1.165) is 12.5 Å². The quantitative estimate of drug-likeness (QED) is 0.543. The monoisotopic (exact) mass is 139 g/mol. The van der Waals surface area contributed by atoms with Crippen LogP contribution in [0.1, 0.15) is 0 Å². The van der Waals surface area contributed by atoms with Crippen molar-refractivity contribution < 1.29 is 0 Å². The van der Waals surface area contributed by atoms with Crippen molar-refractivity contribution in [3.8, 4) is 0 Å². The highest BCUT2D eigenvalue weighted by Gasteiger charge is 2.18. The Morgan fingerprint density at radius 3 is 3.56 bits per heavy atom. The molecule has 0 saturated heterocycles. The van der Waals surface area contributed by atoms with E-state index in [2.05, 4.69) is 16.8 Å². The van der Waals surface area contributed by atoms with Crippen LogP contribution in [0.5, 0.6) is 0 Å². The molecule has 2 heterocycles. The molecule has 0 spiro atoms. The molecule has 0 amide bonds. The normalized spacial score (nSPS) is 31.1. The fraction of sp³-hybridized carbons (Fsp3) is 0.429. The smallest absolute Gasteiger partial charge is 0.0218 e. The molecule has 0 aromatic rings. The van der Waals surface area contributed by atoms with Gasteiger partial charge in [0.2, 0.25) is 0 Å². The molecule has 1 N–H and O–H groups in total. The SMILES string of the molecule is C1=CC2=CSCC2CN1. The molecule has 1 atom stereocenters. The van der Waals surface area contributed by atoms with Crippen LogP contribution in [0, 0.1) is 5.92 Å². The van der Waals surface area contributed by atoms with Crippen molar-refractivity contribution in [3.63, 3.8) is 0 Å². The van der Waals surface area contributed by atoms with Gasteiger partial charge in [0.1, 0.15) is 0 Å². The van der Waals surface area contributed by atoms with Gasteiger partial charge in [0.25, 0.3) is 0 Å². The van der Waals surface area contributed by atoms with E-state index in [0.29, 0.717) is 0 Å². The molecule has 2 aliphatic rings. The largest absolute Gasteiger partial charge is 0.390 e. The van der Waals surface area contributed by atoms with Gasteiger partial charge < -0.3 is 5.32 Å². The molecule has 0 aromatic carbocycles. The minimum absolute atomic E-state index is 0.792. The van der Waals surface area contributed by atoms with Gasteiger partial charge in [-0.25, -0.2) is 0 Å². The Morgan fingerprint density at radius 2 is 2.67 bits per heavy atom. The molecule has 0 aromatic heterocycles. The predicted octanol–water partition coefficient (Wildman–Crippen LogP) is 1.35. The van der Waals surface area contributed by atoms with Crippen LogP contribution in [-0.4, -0.2) is 12.3 Å². The van der Waals surface area contributed by atoms with E-state index in [4.69, 9.17) is 0 Å². The number of nitrogens with one attached hydrogen (secondary N) is 1. The maximum Gasteiger partial charge on any atom is 0.0218 e. The zero-order valence-electron chi connectivity index (χ0n) is 5.13. The molecule has 1 unspecified atom stereocenters. The van der Waals surface area contributed by atoms with Crippen LogP contribution in [-0.2, 0) is 0 Å². The van der Waals surface area contributed by atoms with Gasteiger partial charge in [0.05, 0.1) is 0 Å². The van der Waals surface area contributed by atoms with Gasteiger partial charge in [-0.1, -0.05) is 0 Å². The minimum Gasteiger partial charge on any atom is -0.390 e. The van der Waals surface area contributed by atoms with Crippen LogP contribution >= 0.6 is 11.8 Å². The molecule has 1 nitrogen and oxygen atoms in total. The van der Waals surface area contributed by atoms with Crippen molar-refractivity contribution in [2.24, 2.45) is 5.92 Å². The van der Waals surface area contributed by atoms with E-state index in [9.17, 15) is 0 Å². The summed E-state index contributed by atoms with van der Waals surface area (Å²) in [7, 11) is 0. The lowest BCUT2D eigenvalue weighted by Gasteiger charge is -2.15. The van der Waals surface area contributed by atoms with E-state index < -0.39 is 0 Å². The van der Waals surface area contributed by atoms with E-state index >= 15 is 0 Å². The molecule has 2 aliphatic heterocycles. The van der Waals surface area contributed by atoms with Crippen LogP contribution in [0.2, 0.25) is 0 Å². The van der Waals surface area contributed by atoms with Crippen LogP contribution < -0.4 is 5.32 Å². The lowest BCUT2D eigenvalue weighted by atomic mass is 10.0. The zero-order valence-corrected chi connectivity index (χ0v) is 5.95. The number of allylic oxidation sites excluding steroid dienone is 1. The molecular weight excluding hydrogens is 130 g/mol.